The first kappa shape index (κ1) is 8.74. The van der Waals surface area contributed by atoms with Crippen molar-refractivity contribution in [3.8, 4) is 0 Å². The third-order valence-corrected chi connectivity index (χ3v) is 0.817. The zero-order valence-corrected chi connectivity index (χ0v) is 5.93. The summed E-state index contributed by atoms with van der Waals surface area (Å²) in [5.74, 6) is -0.330. The Bertz CT molecular complexity index is 119. The topological polar surface area (TPSA) is 67.4 Å². The highest BCUT2D eigenvalue weighted by Gasteiger charge is 2.01. The number of carbonyl (C=O) groups excluding carboxylic acids is 2. The van der Waals surface area contributed by atoms with Crippen molar-refractivity contribution >= 4 is 12.0 Å². The van der Waals surface area contributed by atoms with E-state index < -0.39 is 6.09 Å². The van der Waals surface area contributed by atoms with Crippen LogP contribution in [0.1, 0.15) is 0 Å². The van der Waals surface area contributed by atoms with Crippen LogP contribution >= 0.6 is 0 Å². The van der Waals surface area contributed by atoms with E-state index in [1.807, 2.05) is 0 Å². The molecule has 0 aliphatic carbocycles. The molecule has 0 unspecified atom stereocenters. The first-order chi connectivity index (χ1) is 4.70. The zero-order chi connectivity index (χ0) is 7.98. The first-order valence-electron chi connectivity index (χ1n) is 2.75. The molecule has 0 spiro atoms. The monoisotopic (exact) mass is 146 g/mol. The van der Waals surface area contributed by atoms with Gasteiger partial charge >= 0.3 is 6.09 Å². The second-order valence-corrected chi connectivity index (χ2v) is 1.50. The highest BCUT2D eigenvalue weighted by atomic mass is 16.6. The van der Waals surface area contributed by atoms with E-state index in [0.29, 0.717) is 0 Å². The highest BCUT2D eigenvalue weighted by Crippen LogP contribution is 1.74. The summed E-state index contributed by atoms with van der Waals surface area (Å²) in [6, 6.07) is 0. The number of hydrogen-bond acceptors (Lipinski definition) is 3. The molecule has 0 bridgehead atoms. The largest absolute Gasteiger partial charge is 0.439 e. The van der Waals surface area contributed by atoms with Crippen LogP contribution in [0.15, 0.2) is 0 Å². The Morgan fingerprint density at radius 2 is 1.90 bits per heavy atom. The van der Waals surface area contributed by atoms with Gasteiger partial charge in [-0.15, -0.1) is 0 Å². The molecule has 0 atom stereocenters. The van der Waals surface area contributed by atoms with Crippen LogP contribution in [0.25, 0.3) is 0 Å². The summed E-state index contributed by atoms with van der Waals surface area (Å²) in [4.78, 5) is 20.7. The third kappa shape index (κ3) is 3.71. The smallest absolute Gasteiger partial charge is 0.407 e. The lowest BCUT2D eigenvalue weighted by Crippen LogP contribution is -2.28. The lowest BCUT2D eigenvalue weighted by Gasteiger charge is -2.00. The molecule has 0 radical (unpaired) electrons. The van der Waals surface area contributed by atoms with Crippen molar-refractivity contribution < 1.29 is 14.3 Å². The Balaban J connectivity index is 3.35. The predicted molar refractivity (Wildman–Crippen MR) is 34.5 cm³/mol. The molecule has 0 rings (SSSR count). The minimum Gasteiger partial charge on any atom is -0.439 e. The summed E-state index contributed by atoms with van der Waals surface area (Å²) in [6.45, 7) is -0.240. The maximum absolute atomic E-state index is 10.4. The molecule has 0 heterocycles. The van der Waals surface area contributed by atoms with Crippen molar-refractivity contribution in [2.45, 2.75) is 0 Å². The fourth-order valence-corrected chi connectivity index (χ4v) is 0.275. The minimum absolute atomic E-state index is 0.240. The van der Waals surface area contributed by atoms with Crippen molar-refractivity contribution in [2.24, 2.45) is 0 Å². The summed E-state index contributed by atoms with van der Waals surface area (Å²) in [5, 5.41) is 4.50. The van der Waals surface area contributed by atoms with Crippen LogP contribution in [0.2, 0.25) is 0 Å². The Morgan fingerprint density at radius 3 is 2.30 bits per heavy atom. The number of carbonyl (C=O) groups is 2. The molecule has 5 nitrogen and oxygen atoms in total. The van der Waals surface area contributed by atoms with Crippen LogP contribution in [-0.4, -0.2) is 32.7 Å². The standard InChI is InChI=1S/C5H10N2O3/c1-6-4(8)3-10-5(9)7-2/h3H2,1-2H3,(H,6,8)(H,7,9). The average Bonchev–Trinajstić information content (AvgIpc) is 1.99. The van der Waals surface area contributed by atoms with Crippen LogP contribution in [0.4, 0.5) is 4.79 Å². The van der Waals surface area contributed by atoms with Gasteiger partial charge in [0.25, 0.3) is 5.91 Å². The van der Waals surface area contributed by atoms with Crippen molar-refractivity contribution in [1.29, 1.82) is 0 Å². The summed E-state index contributed by atoms with van der Waals surface area (Å²) < 4.78 is 4.38. The number of likely N-dealkylation sites (N-methyl/N-ethyl adjacent to an activating group) is 1. The van der Waals surface area contributed by atoms with E-state index in [4.69, 9.17) is 0 Å². The van der Waals surface area contributed by atoms with Gasteiger partial charge in [0.1, 0.15) is 0 Å². The van der Waals surface area contributed by atoms with Gasteiger partial charge in [0.2, 0.25) is 0 Å². The van der Waals surface area contributed by atoms with Crippen LogP contribution in [0, 0.1) is 0 Å². The van der Waals surface area contributed by atoms with Gasteiger partial charge in [0, 0.05) is 14.1 Å². The number of nitrogens with one attached hydrogen (secondary N) is 2. The van der Waals surface area contributed by atoms with Gasteiger partial charge in [-0.2, -0.15) is 0 Å². The molecule has 5 heteroatoms. The van der Waals surface area contributed by atoms with E-state index in [1.54, 1.807) is 0 Å². The number of hydrogen-bond donors (Lipinski definition) is 2. The molecule has 0 saturated heterocycles. The van der Waals surface area contributed by atoms with E-state index in [2.05, 4.69) is 15.4 Å². The van der Waals surface area contributed by atoms with Crippen LogP contribution < -0.4 is 10.6 Å². The first-order valence-corrected chi connectivity index (χ1v) is 2.75. The number of ether oxygens (including phenoxy) is 1. The van der Waals surface area contributed by atoms with Crippen molar-refractivity contribution in [3.05, 3.63) is 0 Å². The van der Waals surface area contributed by atoms with E-state index in [0.717, 1.165) is 0 Å². The quantitative estimate of drug-likeness (QED) is 0.530. The van der Waals surface area contributed by atoms with Gasteiger partial charge in [-0.1, -0.05) is 0 Å². The summed E-state index contributed by atoms with van der Waals surface area (Å²) >= 11 is 0. The predicted octanol–water partition coefficient (Wildman–Crippen LogP) is -0.912. The zero-order valence-electron chi connectivity index (χ0n) is 5.93. The van der Waals surface area contributed by atoms with Gasteiger partial charge < -0.3 is 15.4 Å². The highest BCUT2D eigenvalue weighted by molar-refractivity contribution is 5.79. The minimum atomic E-state index is -0.608. The van der Waals surface area contributed by atoms with Crippen molar-refractivity contribution in [1.82, 2.24) is 10.6 Å². The molecule has 0 aromatic heterocycles. The van der Waals surface area contributed by atoms with Crippen molar-refractivity contribution in [2.75, 3.05) is 20.7 Å². The van der Waals surface area contributed by atoms with E-state index in [-0.39, 0.29) is 12.5 Å². The maximum atomic E-state index is 10.4. The molecular weight excluding hydrogens is 136 g/mol. The van der Waals surface area contributed by atoms with Gasteiger partial charge in [0.05, 0.1) is 0 Å². The molecule has 10 heavy (non-hydrogen) atoms. The van der Waals surface area contributed by atoms with Crippen LogP contribution in [0.3, 0.4) is 0 Å². The molecule has 2 N–H and O–H groups in total. The van der Waals surface area contributed by atoms with Gasteiger partial charge in [-0.05, 0) is 0 Å². The van der Waals surface area contributed by atoms with Crippen LogP contribution in [0.5, 0.6) is 0 Å². The molecule has 0 aromatic rings. The number of amides is 2. The normalized spacial score (nSPS) is 8.20. The molecule has 0 fully saturated rings. The molecule has 0 saturated carbocycles. The number of rotatable bonds is 2. The van der Waals surface area contributed by atoms with E-state index in [1.165, 1.54) is 14.1 Å². The molecule has 0 aliphatic heterocycles. The Kier molecular flexibility index (Phi) is 4.02. The summed E-state index contributed by atoms with van der Waals surface area (Å²) in [7, 11) is 2.89. The molecule has 58 valence electrons. The average molecular weight is 146 g/mol. The van der Waals surface area contributed by atoms with E-state index in [9.17, 15) is 9.59 Å². The van der Waals surface area contributed by atoms with Gasteiger partial charge in [0.15, 0.2) is 6.61 Å². The number of alkyl carbamates (subject to hydrolysis) is 1. The van der Waals surface area contributed by atoms with Crippen molar-refractivity contribution in [3.63, 3.8) is 0 Å². The molecular formula is C5H10N2O3. The summed E-state index contributed by atoms with van der Waals surface area (Å²) in [6.07, 6.45) is -0.608. The Hall–Kier alpha value is -1.26. The molecule has 2 amide bonds. The third-order valence-electron chi connectivity index (χ3n) is 0.817. The molecule has 0 aromatic carbocycles. The lowest BCUT2D eigenvalue weighted by atomic mass is 10.6. The Morgan fingerprint density at radius 1 is 1.30 bits per heavy atom. The second-order valence-electron chi connectivity index (χ2n) is 1.50. The lowest BCUT2D eigenvalue weighted by molar-refractivity contribution is -0.123. The van der Waals surface area contributed by atoms with Gasteiger partial charge in [-0.25, -0.2) is 4.79 Å². The van der Waals surface area contributed by atoms with E-state index >= 15 is 0 Å². The SMILES string of the molecule is CNC(=O)COC(=O)NC. The fraction of sp³-hybridized carbons (Fsp3) is 0.600. The fourth-order valence-electron chi connectivity index (χ4n) is 0.275. The molecule has 0 aliphatic rings. The summed E-state index contributed by atoms with van der Waals surface area (Å²) in [5.41, 5.74) is 0. The maximum Gasteiger partial charge on any atom is 0.407 e. The van der Waals surface area contributed by atoms with Gasteiger partial charge in [-0.3, -0.25) is 4.79 Å². The second kappa shape index (κ2) is 4.60. The Labute approximate surface area is 58.7 Å². The van der Waals surface area contributed by atoms with Crippen LogP contribution in [-0.2, 0) is 9.53 Å².